The first-order valence-electron chi connectivity index (χ1n) is 7.39. The van der Waals surface area contributed by atoms with Crippen molar-refractivity contribution < 1.29 is 9.21 Å². The van der Waals surface area contributed by atoms with Gasteiger partial charge in [0.2, 0.25) is 0 Å². The summed E-state index contributed by atoms with van der Waals surface area (Å²) in [5.41, 5.74) is 0.511. The van der Waals surface area contributed by atoms with Gasteiger partial charge >= 0.3 is 5.63 Å². The lowest BCUT2D eigenvalue weighted by Gasteiger charge is -2.09. The minimum atomic E-state index is -0.558. The lowest BCUT2D eigenvalue weighted by Crippen LogP contribution is -2.16. The van der Waals surface area contributed by atoms with Crippen molar-refractivity contribution in [3.63, 3.8) is 0 Å². The molecule has 0 radical (unpaired) electrons. The molecule has 0 atom stereocenters. The highest BCUT2D eigenvalue weighted by Gasteiger charge is 2.15. The number of nitrogens with zero attached hydrogens (tertiary/aromatic N) is 4. The zero-order valence-electron chi connectivity index (χ0n) is 12.8. The fraction of sp³-hybridized carbons (Fsp3) is 0. The SMILES string of the molecule is O=C(Nc1ccccc1-n1cnnn1)c1cc2ccccc2c(=O)o1. The Kier molecular flexibility index (Phi) is 3.55. The van der Waals surface area contributed by atoms with E-state index in [9.17, 15) is 9.59 Å². The van der Waals surface area contributed by atoms with Gasteiger partial charge in [0.05, 0.1) is 16.8 Å². The molecule has 0 spiro atoms. The summed E-state index contributed by atoms with van der Waals surface area (Å²) in [5.74, 6) is -0.612. The van der Waals surface area contributed by atoms with E-state index < -0.39 is 11.5 Å². The fourth-order valence-electron chi connectivity index (χ4n) is 2.48. The molecule has 25 heavy (non-hydrogen) atoms. The van der Waals surface area contributed by atoms with E-state index in [0.29, 0.717) is 22.1 Å². The standard InChI is InChI=1S/C17H11N5O3/c23-16(15-9-11-5-1-2-6-12(11)17(24)25-15)19-13-7-3-4-8-14(13)22-10-18-20-21-22/h1-10H,(H,19,23). The Morgan fingerprint density at radius 3 is 2.72 bits per heavy atom. The third kappa shape index (κ3) is 2.76. The van der Waals surface area contributed by atoms with Crippen molar-refractivity contribution in [1.82, 2.24) is 20.2 Å². The maximum absolute atomic E-state index is 12.5. The van der Waals surface area contributed by atoms with Gasteiger partial charge in [0.25, 0.3) is 5.91 Å². The first kappa shape index (κ1) is 14.8. The molecule has 0 saturated heterocycles. The first-order chi connectivity index (χ1) is 12.2. The molecule has 0 saturated carbocycles. The molecule has 1 amide bonds. The van der Waals surface area contributed by atoms with Crippen molar-refractivity contribution in [3.8, 4) is 5.69 Å². The van der Waals surface area contributed by atoms with Crippen LogP contribution in [0.3, 0.4) is 0 Å². The molecule has 4 aromatic rings. The van der Waals surface area contributed by atoms with E-state index in [1.807, 2.05) is 0 Å². The second-order valence-corrected chi connectivity index (χ2v) is 5.21. The molecular formula is C17H11N5O3. The van der Waals surface area contributed by atoms with Gasteiger partial charge in [0, 0.05) is 0 Å². The van der Waals surface area contributed by atoms with Crippen molar-refractivity contribution in [2.45, 2.75) is 0 Å². The zero-order chi connectivity index (χ0) is 17.2. The normalized spacial score (nSPS) is 10.7. The maximum Gasteiger partial charge on any atom is 0.344 e. The Morgan fingerprint density at radius 1 is 1.08 bits per heavy atom. The van der Waals surface area contributed by atoms with Gasteiger partial charge in [0.15, 0.2) is 5.76 Å². The summed E-state index contributed by atoms with van der Waals surface area (Å²) in [4.78, 5) is 24.6. The first-order valence-corrected chi connectivity index (χ1v) is 7.39. The van der Waals surface area contributed by atoms with E-state index in [2.05, 4.69) is 20.8 Å². The number of benzene rings is 2. The Morgan fingerprint density at radius 2 is 1.88 bits per heavy atom. The fourth-order valence-corrected chi connectivity index (χ4v) is 2.48. The molecule has 122 valence electrons. The second kappa shape index (κ2) is 6.00. The number of amides is 1. The molecule has 8 heteroatoms. The van der Waals surface area contributed by atoms with Crippen molar-refractivity contribution in [2.24, 2.45) is 0 Å². The van der Waals surface area contributed by atoms with E-state index >= 15 is 0 Å². The topological polar surface area (TPSA) is 103 Å². The number of nitrogens with one attached hydrogen (secondary N) is 1. The minimum absolute atomic E-state index is 0.0739. The van der Waals surface area contributed by atoms with Crippen LogP contribution >= 0.6 is 0 Å². The Balaban J connectivity index is 1.71. The number of hydrogen-bond donors (Lipinski definition) is 1. The van der Waals surface area contributed by atoms with Crippen LogP contribution in [0.5, 0.6) is 0 Å². The van der Waals surface area contributed by atoms with Crippen LogP contribution in [0, 0.1) is 0 Å². The predicted octanol–water partition coefficient (Wildman–Crippen LogP) is 2.02. The van der Waals surface area contributed by atoms with Crippen LogP contribution in [0.15, 0.2) is 70.1 Å². The lowest BCUT2D eigenvalue weighted by atomic mass is 10.1. The molecule has 0 unspecified atom stereocenters. The maximum atomic E-state index is 12.5. The molecule has 0 bridgehead atoms. The molecule has 2 aromatic heterocycles. The zero-order valence-corrected chi connectivity index (χ0v) is 12.8. The van der Waals surface area contributed by atoms with E-state index in [-0.39, 0.29) is 5.76 Å². The molecule has 1 N–H and O–H groups in total. The molecule has 8 nitrogen and oxygen atoms in total. The lowest BCUT2D eigenvalue weighted by molar-refractivity contribution is 0.0993. The largest absolute Gasteiger partial charge is 0.417 e. The number of carbonyl (C=O) groups excluding carboxylic acids is 1. The van der Waals surface area contributed by atoms with Gasteiger partial charge in [-0.15, -0.1) is 5.10 Å². The molecule has 0 aliphatic rings. The third-order valence-electron chi connectivity index (χ3n) is 3.64. The average molecular weight is 333 g/mol. The van der Waals surface area contributed by atoms with Crippen LogP contribution in [0.4, 0.5) is 5.69 Å². The van der Waals surface area contributed by atoms with Crippen molar-refractivity contribution >= 4 is 22.4 Å². The molecule has 0 fully saturated rings. The van der Waals surface area contributed by atoms with Gasteiger partial charge in [-0.05, 0) is 40.1 Å². The quantitative estimate of drug-likeness (QED) is 0.615. The van der Waals surface area contributed by atoms with Crippen molar-refractivity contribution in [3.05, 3.63) is 77.1 Å². The molecule has 2 heterocycles. The number of aromatic nitrogens is 4. The van der Waals surface area contributed by atoms with Gasteiger partial charge in [0.1, 0.15) is 6.33 Å². The highest BCUT2D eigenvalue weighted by atomic mass is 16.4. The molecule has 4 rings (SSSR count). The summed E-state index contributed by atoms with van der Waals surface area (Å²) in [6.45, 7) is 0. The van der Waals surface area contributed by atoms with Crippen LogP contribution in [0.2, 0.25) is 0 Å². The highest BCUT2D eigenvalue weighted by Crippen LogP contribution is 2.20. The summed E-state index contributed by atoms with van der Waals surface area (Å²) in [6.07, 6.45) is 1.42. The minimum Gasteiger partial charge on any atom is -0.417 e. The van der Waals surface area contributed by atoms with Crippen LogP contribution < -0.4 is 10.9 Å². The summed E-state index contributed by atoms with van der Waals surface area (Å²) >= 11 is 0. The molecule has 0 aliphatic carbocycles. The van der Waals surface area contributed by atoms with Gasteiger partial charge in [-0.2, -0.15) is 4.68 Å². The Hall–Kier alpha value is -3.81. The van der Waals surface area contributed by atoms with Gasteiger partial charge in [-0.3, -0.25) is 4.79 Å². The average Bonchev–Trinajstić information content (AvgIpc) is 3.16. The van der Waals surface area contributed by atoms with E-state index in [0.717, 1.165) is 0 Å². The Bertz CT molecular complexity index is 1120. The number of carbonyl (C=O) groups is 1. The summed E-state index contributed by atoms with van der Waals surface area (Å²) in [5, 5.41) is 14.8. The number of fused-ring (bicyclic) bond motifs is 1. The smallest absolute Gasteiger partial charge is 0.344 e. The van der Waals surface area contributed by atoms with Gasteiger partial charge in [-0.25, -0.2) is 4.79 Å². The number of para-hydroxylation sites is 2. The number of hydrogen-bond acceptors (Lipinski definition) is 6. The summed E-state index contributed by atoms with van der Waals surface area (Å²) in [7, 11) is 0. The van der Waals surface area contributed by atoms with Gasteiger partial charge in [-0.1, -0.05) is 30.3 Å². The van der Waals surface area contributed by atoms with Crippen molar-refractivity contribution in [2.75, 3.05) is 5.32 Å². The number of rotatable bonds is 3. The number of tetrazole rings is 1. The number of anilines is 1. The van der Waals surface area contributed by atoms with E-state index in [1.54, 1.807) is 48.5 Å². The van der Waals surface area contributed by atoms with Crippen LogP contribution in [0.25, 0.3) is 16.5 Å². The molecule has 0 aliphatic heterocycles. The molecule has 2 aromatic carbocycles. The van der Waals surface area contributed by atoms with Crippen molar-refractivity contribution in [1.29, 1.82) is 0 Å². The predicted molar refractivity (Wildman–Crippen MR) is 89.6 cm³/mol. The highest BCUT2D eigenvalue weighted by molar-refractivity contribution is 6.04. The summed E-state index contributed by atoms with van der Waals surface area (Å²) < 4.78 is 6.56. The Labute approximate surface area is 140 Å². The van der Waals surface area contributed by atoms with Crippen LogP contribution in [0.1, 0.15) is 10.6 Å². The van der Waals surface area contributed by atoms with Gasteiger partial charge < -0.3 is 9.73 Å². The van der Waals surface area contributed by atoms with Crippen LogP contribution in [-0.4, -0.2) is 26.1 Å². The van der Waals surface area contributed by atoms with E-state index in [1.165, 1.54) is 17.1 Å². The molecular weight excluding hydrogens is 322 g/mol. The van der Waals surface area contributed by atoms with Crippen LogP contribution in [-0.2, 0) is 0 Å². The third-order valence-corrected chi connectivity index (χ3v) is 3.64. The second-order valence-electron chi connectivity index (χ2n) is 5.21. The van der Waals surface area contributed by atoms with E-state index in [4.69, 9.17) is 4.42 Å². The monoisotopic (exact) mass is 333 g/mol. The summed E-state index contributed by atoms with van der Waals surface area (Å²) in [6, 6.07) is 15.5.